The normalized spacial score (nSPS) is 10.7. The summed E-state index contributed by atoms with van der Waals surface area (Å²) in [6.45, 7) is 0. The van der Waals surface area contributed by atoms with Gasteiger partial charge in [0.25, 0.3) is 0 Å². The third kappa shape index (κ3) is 4.66. The van der Waals surface area contributed by atoms with Crippen molar-refractivity contribution in [1.29, 1.82) is 0 Å². The van der Waals surface area contributed by atoms with Gasteiger partial charge < -0.3 is 5.32 Å². The number of hydrogen-bond donors (Lipinski definition) is 2. The number of aromatic nitrogens is 3. The van der Waals surface area contributed by atoms with E-state index in [0.717, 1.165) is 22.4 Å². The first-order valence-electron chi connectivity index (χ1n) is 6.81. The molecule has 2 aromatic heterocycles. The van der Waals surface area contributed by atoms with E-state index < -0.39 is 0 Å². The van der Waals surface area contributed by atoms with Gasteiger partial charge in [-0.15, -0.1) is 16.4 Å². The number of amides is 1. The van der Waals surface area contributed by atoms with E-state index in [2.05, 4.69) is 42.5 Å². The lowest BCUT2D eigenvalue weighted by Crippen LogP contribution is -2.14. The number of carbonyl (C=O) groups excluding carboxylic acids is 1. The van der Waals surface area contributed by atoms with Crippen molar-refractivity contribution in [3.8, 4) is 0 Å². The molecular weight excluding hydrogens is 396 g/mol. The van der Waals surface area contributed by atoms with Gasteiger partial charge in [0.1, 0.15) is 5.82 Å². The van der Waals surface area contributed by atoms with E-state index in [9.17, 15) is 4.79 Å². The quantitative estimate of drug-likeness (QED) is 0.605. The Kier molecular flexibility index (Phi) is 5.47. The van der Waals surface area contributed by atoms with Crippen LogP contribution in [0, 0.1) is 0 Å². The Morgan fingerprint density at radius 2 is 2.17 bits per heavy atom. The lowest BCUT2D eigenvalue weighted by atomic mass is 10.3. The first kappa shape index (κ1) is 16.2. The number of thiophene rings is 1. The zero-order chi connectivity index (χ0) is 16.1. The van der Waals surface area contributed by atoms with E-state index in [-0.39, 0.29) is 11.7 Å². The van der Waals surface area contributed by atoms with Gasteiger partial charge in [0.15, 0.2) is 0 Å². The molecule has 0 spiro atoms. The number of nitrogens with one attached hydrogen (secondary N) is 2. The molecule has 0 unspecified atom stereocenters. The largest absolute Gasteiger partial charge is 0.324 e. The van der Waals surface area contributed by atoms with Crippen molar-refractivity contribution in [2.75, 3.05) is 11.1 Å². The molecule has 2 N–H and O–H groups in total. The summed E-state index contributed by atoms with van der Waals surface area (Å²) in [6, 6.07) is 11.6. The van der Waals surface area contributed by atoms with Crippen molar-refractivity contribution < 1.29 is 4.79 Å². The second-order valence-corrected chi connectivity index (χ2v) is 7.47. The van der Waals surface area contributed by atoms with Crippen LogP contribution in [0.15, 0.2) is 51.4 Å². The number of carbonyl (C=O) groups is 1. The van der Waals surface area contributed by atoms with Crippen LogP contribution in [-0.4, -0.2) is 26.8 Å². The van der Waals surface area contributed by atoms with E-state index in [1.165, 1.54) is 16.6 Å². The molecule has 0 atom stereocenters. The number of halogens is 1. The summed E-state index contributed by atoms with van der Waals surface area (Å²) >= 11 is 6.40. The number of hydrogen-bond acceptors (Lipinski definition) is 5. The van der Waals surface area contributed by atoms with Gasteiger partial charge in [0.05, 0.1) is 11.4 Å². The monoisotopic (exact) mass is 408 g/mol. The van der Waals surface area contributed by atoms with Crippen molar-refractivity contribution in [1.82, 2.24) is 15.2 Å². The molecule has 3 rings (SSSR count). The molecule has 3 aromatic rings. The maximum Gasteiger partial charge on any atom is 0.234 e. The maximum atomic E-state index is 12.0. The fourth-order valence-corrected chi connectivity index (χ4v) is 3.59. The van der Waals surface area contributed by atoms with Crippen molar-refractivity contribution in [3.05, 3.63) is 57.0 Å². The first-order valence-corrected chi connectivity index (χ1v) is 9.47. The number of aromatic amines is 1. The molecule has 23 heavy (non-hydrogen) atoms. The fourth-order valence-electron chi connectivity index (χ4n) is 1.88. The molecule has 0 fully saturated rings. The molecule has 1 aromatic carbocycles. The second-order valence-electron chi connectivity index (χ2n) is 4.64. The van der Waals surface area contributed by atoms with Gasteiger partial charge in [0, 0.05) is 15.8 Å². The van der Waals surface area contributed by atoms with Gasteiger partial charge in [-0.2, -0.15) is 0 Å². The molecule has 0 bridgehead atoms. The Hall–Kier alpha value is -1.64. The van der Waals surface area contributed by atoms with Gasteiger partial charge in [0.2, 0.25) is 11.1 Å². The highest BCUT2D eigenvalue weighted by molar-refractivity contribution is 9.10. The summed E-state index contributed by atoms with van der Waals surface area (Å²) in [5.74, 6) is 0.977. The maximum absolute atomic E-state index is 12.0. The summed E-state index contributed by atoms with van der Waals surface area (Å²) in [7, 11) is 0. The molecule has 8 heteroatoms. The van der Waals surface area contributed by atoms with Crippen LogP contribution in [-0.2, 0) is 11.2 Å². The van der Waals surface area contributed by atoms with Crippen LogP contribution < -0.4 is 5.32 Å². The third-order valence-electron chi connectivity index (χ3n) is 2.91. The Balaban J connectivity index is 1.51. The van der Waals surface area contributed by atoms with Crippen LogP contribution in [0.3, 0.4) is 0 Å². The van der Waals surface area contributed by atoms with Crippen molar-refractivity contribution >= 4 is 50.6 Å². The molecule has 1 amide bonds. The molecular formula is C15H13BrN4OS2. The standard InChI is InChI=1S/C15H13BrN4OS2/c16-11-5-1-2-6-12(11)17-14(21)9-23-15-18-13(19-20-15)8-10-4-3-7-22-10/h1-7H,8-9H2,(H,17,21)(H,18,19,20). The van der Waals surface area contributed by atoms with Crippen LogP contribution >= 0.6 is 39.0 Å². The molecule has 2 heterocycles. The molecule has 5 nitrogen and oxygen atoms in total. The van der Waals surface area contributed by atoms with Crippen LogP contribution in [0.4, 0.5) is 5.69 Å². The summed E-state index contributed by atoms with van der Waals surface area (Å²) in [5.41, 5.74) is 0.756. The predicted molar refractivity (Wildman–Crippen MR) is 97.0 cm³/mol. The minimum absolute atomic E-state index is 0.0912. The third-order valence-corrected chi connectivity index (χ3v) is 5.33. The molecule has 0 aliphatic carbocycles. The minimum Gasteiger partial charge on any atom is -0.324 e. The average Bonchev–Trinajstić information content (AvgIpc) is 3.20. The molecule has 0 radical (unpaired) electrons. The highest BCUT2D eigenvalue weighted by Crippen LogP contribution is 2.22. The van der Waals surface area contributed by atoms with Crippen molar-refractivity contribution in [2.45, 2.75) is 11.6 Å². The van der Waals surface area contributed by atoms with Gasteiger partial charge in [-0.05, 0) is 39.5 Å². The van der Waals surface area contributed by atoms with Gasteiger partial charge in [-0.3, -0.25) is 9.89 Å². The van der Waals surface area contributed by atoms with E-state index in [0.29, 0.717) is 5.16 Å². The summed E-state index contributed by atoms with van der Waals surface area (Å²) in [6.07, 6.45) is 0.731. The second kappa shape index (κ2) is 7.76. The number of anilines is 1. The number of nitrogens with zero attached hydrogens (tertiary/aromatic N) is 2. The summed E-state index contributed by atoms with van der Waals surface area (Å²) < 4.78 is 0.856. The molecule has 0 aliphatic rings. The summed E-state index contributed by atoms with van der Waals surface area (Å²) in [5, 5.41) is 12.5. The molecule has 0 saturated carbocycles. The van der Waals surface area contributed by atoms with Gasteiger partial charge in [-0.1, -0.05) is 30.0 Å². The van der Waals surface area contributed by atoms with Crippen LogP contribution in [0.5, 0.6) is 0 Å². The zero-order valence-electron chi connectivity index (χ0n) is 12.0. The van der Waals surface area contributed by atoms with E-state index in [1.807, 2.05) is 35.7 Å². The Bertz CT molecular complexity index is 788. The fraction of sp³-hybridized carbons (Fsp3) is 0.133. The van der Waals surface area contributed by atoms with Crippen molar-refractivity contribution in [2.24, 2.45) is 0 Å². The van der Waals surface area contributed by atoms with Gasteiger partial charge in [-0.25, -0.2) is 4.98 Å². The number of rotatable bonds is 6. The van der Waals surface area contributed by atoms with Crippen LogP contribution in [0.25, 0.3) is 0 Å². The highest BCUT2D eigenvalue weighted by atomic mass is 79.9. The Morgan fingerprint density at radius 3 is 2.96 bits per heavy atom. The van der Waals surface area contributed by atoms with Gasteiger partial charge >= 0.3 is 0 Å². The smallest absolute Gasteiger partial charge is 0.234 e. The SMILES string of the molecule is O=C(CSc1n[nH]c(Cc2cccs2)n1)Nc1ccccc1Br. The number of benzene rings is 1. The first-order chi connectivity index (χ1) is 11.2. The minimum atomic E-state index is -0.0912. The lowest BCUT2D eigenvalue weighted by molar-refractivity contribution is -0.113. The average molecular weight is 409 g/mol. The Morgan fingerprint density at radius 1 is 1.30 bits per heavy atom. The van der Waals surface area contributed by atoms with Crippen LogP contribution in [0.1, 0.15) is 10.7 Å². The van der Waals surface area contributed by atoms with Crippen molar-refractivity contribution in [3.63, 3.8) is 0 Å². The van der Waals surface area contributed by atoms with Crippen LogP contribution in [0.2, 0.25) is 0 Å². The van der Waals surface area contributed by atoms with E-state index in [1.54, 1.807) is 11.3 Å². The highest BCUT2D eigenvalue weighted by Gasteiger charge is 2.09. The zero-order valence-corrected chi connectivity index (χ0v) is 15.2. The number of thioether (sulfide) groups is 1. The van der Waals surface area contributed by atoms with E-state index in [4.69, 9.17) is 0 Å². The molecule has 118 valence electrons. The molecule has 0 aliphatic heterocycles. The topological polar surface area (TPSA) is 70.7 Å². The lowest BCUT2D eigenvalue weighted by Gasteiger charge is -2.05. The number of H-pyrrole nitrogens is 1. The summed E-state index contributed by atoms with van der Waals surface area (Å²) in [4.78, 5) is 17.6. The molecule has 0 saturated heterocycles. The number of para-hydroxylation sites is 1. The Labute approximate surface area is 150 Å². The van der Waals surface area contributed by atoms with E-state index >= 15 is 0 Å². The predicted octanol–water partition coefficient (Wildman–Crippen LogP) is 3.95.